The maximum atomic E-state index is 8.83. The first-order valence-electron chi connectivity index (χ1n) is 6.65. The van der Waals surface area contributed by atoms with Crippen molar-refractivity contribution in [3.63, 3.8) is 0 Å². The molecule has 0 spiro atoms. The van der Waals surface area contributed by atoms with Crippen molar-refractivity contribution >= 4 is 23.5 Å². The molecule has 2 aromatic rings. The number of aryl methyl sites for hydroxylation is 1. The third-order valence-corrected chi connectivity index (χ3v) is 7.00. The predicted octanol–water partition coefficient (Wildman–Crippen LogP) is 4.07. The van der Waals surface area contributed by atoms with Gasteiger partial charge in [0.2, 0.25) is 0 Å². The molecule has 1 N–H and O–H groups in total. The summed E-state index contributed by atoms with van der Waals surface area (Å²) in [5.41, 5.74) is 4.83. The Hall–Kier alpha value is -1.31. The van der Waals surface area contributed by atoms with E-state index < -0.39 is 0 Å². The van der Waals surface area contributed by atoms with E-state index in [1.54, 1.807) is 0 Å². The minimum atomic E-state index is -0.0403. The van der Waals surface area contributed by atoms with E-state index in [2.05, 4.69) is 48.3 Å². The molecular formula is C16H16N2S2. The lowest BCUT2D eigenvalue weighted by atomic mass is 10.1. The van der Waals surface area contributed by atoms with E-state index in [0.29, 0.717) is 6.42 Å². The van der Waals surface area contributed by atoms with Crippen LogP contribution in [0.4, 0.5) is 0 Å². The third-order valence-electron chi connectivity index (χ3n) is 3.50. The summed E-state index contributed by atoms with van der Waals surface area (Å²) in [6.07, 6.45) is 0.444. The fourth-order valence-corrected chi connectivity index (χ4v) is 5.71. The molecule has 0 saturated carbocycles. The standard InChI is InChI=1S/C16H16N2S2/c1-12-2-4-13(5-3-12)16(19-10-11-20-16)15-7-6-14(18-15)8-9-17/h2-7,18H,8,10-11H2,1H3. The van der Waals surface area contributed by atoms with Crippen molar-refractivity contribution in [3.05, 3.63) is 58.9 Å². The van der Waals surface area contributed by atoms with Gasteiger partial charge in [0.25, 0.3) is 0 Å². The first kappa shape index (κ1) is 13.7. The molecule has 102 valence electrons. The third kappa shape index (κ3) is 2.36. The molecule has 0 amide bonds. The Bertz CT molecular complexity index is 631. The van der Waals surface area contributed by atoms with Crippen molar-refractivity contribution in [2.75, 3.05) is 11.5 Å². The normalized spacial score (nSPS) is 17.0. The van der Waals surface area contributed by atoms with Crippen LogP contribution in [-0.2, 0) is 10.5 Å². The molecule has 1 fully saturated rings. The Balaban J connectivity index is 2.03. The second-order valence-electron chi connectivity index (χ2n) is 4.91. The van der Waals surface area contributed by atoms with Gasteiger partial charge < -0.3 is 4.98 Å². The summed E-state index contributed by atoms with van der Waals surface area (Å²) in [7, 11) is 0. The van der Waals surface area contributed by atoms with Crippen molar-refractivity contribution in [2.24, 2.45) is 0 Å². The first-order valence-corrected chi connectivity index (χ1v) is 8.62. The van der Waals surface area contributed by atoms with Gasteiger partial charge in [0.1, 0.15) is 4.08 Å². The van der Waals surface area contributed by atoms with Gasteiger partial charge in [-0.25, -0.2) is 0 Å². The molecule has 0 radical (unpaired) electrons. The van der Waals surface area contributed by atoms with E-state index in [-0.39, 0.29) is 4.08 Å². The smallest absolute Gasteiger partial charge is 0.126 e. The van der Waals surface area contributed by atoms with Crippen molar-refractivity contribution in [2.45, 2.75) is 17.4 Å². The maximum Gasteiger partial charge on any atom is 0.126 e. The number of rotatable bonds is 3. The quantitative estimate of drug-likeness (QED) is 0.928. The van der Waals surface area contributed by atoms with Gasteiger partial charge in [-0.2, -0.15) is 5.26 Å². The molecule has 2 heterocycles. The number of nitrogens with zero attached hydrogens (tertiary/aromatic N) is 1. The number of nitrogens with one attached hydrogen (secondary N) is 1. The number of benzene rings is 1. The zero-order valence-electron chi connectivity index (χ0n) is 11.3. The highest BCUT2D eigenvalue weighted by molar-refractivity contribution is 8.20. The van der Waals surface area contributed by atoms with Crippen LogP contribution in [0.5, 0.6) is 0 Å². The van der Waals surface area contributed by atoms with Crippen LogP contribution >= 0.6 is 23.5 Å². The summed E-state index contributed by atoms with van der Waals surface area (Å²) in [6, 6.07) is 15.2. The molecule has 0 aliphatic carbocycles. The van der Waals surface area contributed by atoms with Crippen molar-refractivity contribution in [1.82, 2.24) is 4.98 Å². The molecule has 1 aromatic carbocycles. The number of hydrogen-bond acceptors (Lipinski definition) is 3. The van der Waals surface area contributed by atoms with E-state index in [9.17, 15) is 0 Å². The Labute approximate surface area is 128 Å². The fourth-order valence-electron chi connectivity index (χ4n) is 2.48. The SMILES string of the molecule is Cc1ccc(C2(c3ccc(CC#N)[nH]3)SCCS2)cc1. The lowest BCUT2D eigenvalue weighted by Gasteiger charge is -2.27. The van der Waals surface area contributed by atoms with Gasteiger partial charge in [0, 0.05) is 22.9 Å². The maximum absolute atomic E-state index is 8.83. The molecule has 1 aliphatic rings. The zero-order chi connectivity index (χ0) is 14.0. The summed E-state index contributed by atoms with van der Waals surface area (Å²) in [4.78, 5) is 3.45. The summed E-state index contributed by atoms with van der Waals surface area (Å²) in [5.74, 6) is 2.32. The Morgan fingerprint density at radius 3 is 2.50 bits per heavy atom. The summed E-state index contributed by atoms with van der Waals surface area (Å²) in [5, 5.41) is 8.83. The topological polar surface area (TPSA) is 39.6 Å². The number of thioether (sulfide) groups is 2. The van der Waals surface area contributed by atoms with Crippen LogP contribution in [0.1, 0.15) is 22.5 Å². The molecule has 0 unspecified atom stereocenters. The number of nitriles is 1. The largest absolute Gasteiger partial charge is 0.359 e. The van der Waals surface area contributed by atoms with E-state index in [0.717, 1.165) is 17.2 Å². The lowest BCUT2D eigenvalue weighted by Crippen LogP contribution is -2.17. The van der Waals surface area contributed by atoms with Gasteiger partial charge in [-0.3, -0.25) is 0 Å². The molecule has 0 bridgehead atoms. The van der Waals surface area contributed by atoms with E-state index in [1.165, 1.54) is 16.8 Å². The highest BCUT2D eigenvalue weighted by Gasteiger charge is 2.40. The van der Waals surface area contributed by atoms with Crippen LogP contribution < -0.4 is 0 Å². The van der Waals surface area contributed by atoms with Gasteiger partial charge in [-0.05, 0) is 24.6 Å². The second kappa shape index (κ2) is 5.59. The molecule has 3 rings (SSSR count). The van der Waals surface area contributed by atoms with E-state index in [4.69, 9.17) is 5.26 Å². The summed E-state index contributed by atoms with van der Waals surface area (Å²) >= 11 is 3.96. The van der Waals surface area contributed by atoms with Crippen molar-refractivity contribution in [1.29, 1.82) is 5.26 Å². The average Bonchev–Trinajstić information content (AvgIpc) is 3.09. The van der Waals surface area contributed by atoms with Gasteiger partial charge in [-0.1, -0.05) is 29.8 Å². The van der Waals surface area contributed by atoms with Crippen LogP contribution in [0.25, 0.3) is 0 Å². The van der Waals surface area contributed by atoms with Gasteiger partial charge in [-0.15, -0.1) is 23.5 Å². The Kier molecular flexibility index (Phi) is 3.82. The molecule has 1 aromatic heterocycles. The molecule has 20 heavy (non-hydrogen) atoms. The molecule has 2 nitrogen and oxygen atoms in total. The van der Waals surface area contributed by atoms with Crippen molar-refractivity contribution in [3.8, 4) is 6.07 Å². The highest BCUT2D eigenvalue weighted by atomic mass is 32.2. The fraction of sp³-hybridized carbons (Fsp3) is 0.312. The van der Waals surface area contributed by atoms with Crippen LogP contribution in [0.2, 0.25) is 0 Å². The predicted molar refractivity (Wildman–Crippen MR) is 87.0 cm³/mol. The Morgan fingerprint density at radius 2 is 1.85 bits per heavy atom. The zero-order valence-corrected chi connectivity index (χ0v) is 13.0. The second-order valence-corrected chi connectivity index (χ2v) is 7.79. The first-order chi connectivity index (χ1) is 9.74. The van der Waals surface area contributed by atoms with Gasteiger partial charge >= 0.3 is 0 Å². The Morgan fingerprint density at radius 1 is 1.15 bits per heavy atom. The lowest BCUT2D eigenvalue weighted by molar-refractivity contribution is 0.991. The van der Waals surface area contributed by atoms with Crippen LogP contribution in [0.3, 0.4) is 0 Å². The van der Waals surface area contributed by atoms with Gasteiger partial charge in [0.15, 0.2) is 0 Å². The number of aromatic amines is 1. The number of H-pyrrole nitrogens is 1. The van der Waals surface area contributed by atoms with Crippen LogP contribution in [-0.4, -0.2) is 16.5 Å². The molecule has 1 saturated heterocycles. The molecule has 0 atom stereocenters. The molecule has 1 aliphatic heterocycles. The van der Waals surface area contributed by atoms with Crippen LogP contribution in [0, 0.1) is 18.3 Å². The van der Waals surface area contributed by atoms with Crippen molar-refractivity contribution < 1.29 is 0 Å². The summed E-state index contributed by atoms with van der Waals surface area (Å²) < 4.78 is -0.0403. The minimum absolute atomic E-state index is 0.0403. The number of hydrogen-bond donors (Lipinski definition) is 1. The highest BCUT2D eigenvalue weighted by Crippen LogP contribution is 2.55. The van der Waals surface area contributed by atoms with Crippen LogP contribution in [0.15, 0.2) is 36.4 Å². The monoisotopic (exact) mass is 300 g/mol. The average molecular weight is 300 g/mol. The van der Waals surface area contributed by atoms with E-state index in [1.807, 2.05) is 29.6 Å². The minimum Gasteiger partial charge on any atom is -0.359 e. The number of aromatic nitrogens is 1. The van der Waals surface area contributed by atoms with E-state index >= 15 is 0 Å². The molecule has 4 heteroatoms. The van der Waals surface area contributed by atoms with Gasteiger partial charge in [0.05, 0.1) is 12.5 Å². The molecular weight excluding hydrogens is 284 g/mol. The summed E-state index contributed by atoms with van der Waals surface area (Å²) in [6.45, 7) is 2.12.